The molecule has 2 aromatic heterocycles. The first-order chi connectivity index (χ1) is 12.3. The van der Waals surface area contributed by atoms with Gasteiger partial charge in [0.15, 0.2) is 10.1 Å². The van der Waals surface area contributed by atoms with Crippen LogP contribution in [-0.4, -0.2) is 38.5 Å². The molecule has 136 valence electrons. The summed E-state index contributed by atoms with van der Waals surface area (Å²) in [6.07, 6.45) is 0. The molecule has 7 nitrogen and oxygen atoms in total. The maximum atomic E-state index is 12.5. The van der Waals surface area contributed by atoms with Gasteiger partial charge >= 0.3 is 0 Å². The van der Waals surface area contributed by atoms with Crippen molar-refractivity contribution in [3.63, 3.8) is 0 Å². The van der Waals surface area contributed by atoms with E-state index in [9.17, 15) is 9.59 Å². The zero-order valence-corrected chi connectivity index (χ0v) is 16.5. The third-order valence-electron chi connectivity index (χ3n) is 3.62. The van der Waals surface area contributed by atoms with Crippen LogP contribution in [0.25, 0.3) is 4.96 Å². The van der Waals surface area contributed by atoms with Gasteiger partial charge in [0.1, 0.15) is 11.4 Å². The molecule has 0 aliphatic rings. The van der Waals surface area contributed by atoms with Gasteiger partial charge in [0.05, 0.1) is 18.4 Å². The predicted octanol–water partition coefficient (Wildman–Crippen LogP) is 2.83. The van der Waals surface area contributed by atoms with Gasteiger partial charge in [0.2, 0.25) is 4.96 Å². The first-order valence-electron chi connectivity index (χ1n) is 7.87. The molecule has 0 aliphatic carbocycles. The molecule has 0 aliphatic heterocycles. The maximum Gasteiger partial charge on any atom is 0.297 e. The number of nitrogens with zero attached hydrogens (tertiary/aromatic N) is 4. The summed E-state index contributed by atoms with van der Waals surface area (Å²) in [5.41, 5.74) is 0.196. The Morgan fingerprint density at radius 2 is 2.00 bits per heavy atom. The molecule has 0 radical (unpaired) electrons. The van der Waals surface area contributed by atoms with Crippen LogP contribution in [0.2, 0.25) is 0 Å². The van der Waals surface area contributed by atoms with Crippen molar-refractivity contribution in [1.82, 2.24) is 19.8 Å². The molecule has 0 fully saturated rings. The van der Waals surface area contributed by atoms with Gasteiger partial charge in [0.25, 0.3) is 5.56 Å². The first kappa shape index (κ1) is 18.5. The van der Waals surface area contributed by atoms with Crippen LogP contribution in [0.5, 0.6) is 5.75 Å². The van der Waals surface area contributed by atoms with Gasteiger partial charge in [-0.1, -0.05) is 56.0 Å². The van der Waals surface area contributed by atoms with E-state index in [2.05, 4.69) is 15.3 Å². The highest BCUT2D eigenvalue weighted by Crippen LogP contribution is 2.26. The van der Waals surface area contributed by atoms with Crippen molar-refractivity contribution >= 4 is 33.8 Å². The second-order valence-corrected chi connectivity index (χ2v) is 8.76. The third kappa shape index (κ3) is 3.63. The molecule has 0 saturated carbocycles. The zero-order valence-electron chi connectivity index (χ0n) is 14.8. The van der Waals surface area contributed by atoms with E-state index in [1.165, 1.54) is 34.7 Å². The number of aromatic nitrogens is 4. The van der Waals surface area contributed by atoms with Crippen molar-refractivity contribution in [1.29, 1.82) is 0 Å². The lowest BCUT2D eigenvalue weighted by Crippen LogP contribution is -2.30. The highest BCUT2D eigenvalue weighted by atomic mass is 32.2. The largest absolute Gasteiger partial charge is 0.496 e. The monoisotopic (exact) mass is 390 g/mol. The summed E-state index contributed by atoms with van der Waals surface area (Å²) in [4.78, 5) is 25.4. The van der Waals surface area contributed by atoms with Crippen LogP contribution in [0, 0.1) is 0 Å². The number of hydrogen-bond acceptors (Lipinski definition) is 8. The molecule has 0 saturated heterocycles. The summed E-state index contributed by atoms with van der Waals surface area (Å²) >= 11 is 2.50. The molecule has 2 heterocycles. The number of Topliss-reactive ketones (excluding diaryl/α,β-unsaturated/α-hetero) is 1. The molecule has 3 aromatic rings. The van der Waals surface area contributed by atoms with Crippen molar-refractivity contribution in [2.45, 2.75) is 30.5 Å². The standard InChI is InChI=1S/C17H18N4O3S2/c1-17(2,3)13-14(23)21-15(19-18-13)26-16(20-21)25-9-11(22)10-7-5-6-8-12(10)24-4/h5-8H,9H2,1-4H3. The van der Waals surface area contributed by atoms with E-state index in [0.717, 1.165) is 0 Å². The van der Waals surface area contributed by atoms with Crippen molar-refractivity contribution in [2.24, 2.45) is 0 Å². The van der Waals surface area contributed by atoms with Crippen LogP contribution in [0.3, 0.4) is 0 Å². The molecule has 0 amide bonds. The van der Waals surface area contributed by atoms with Crippen molar-refractivity contribution in [2.75, 3.05) is 12.9 Å². The van der Waals surface area contributed by atoms with Crippen LogP contribution in [0.15, 0.2) is 33.4 Å². The molecule has 3 rings (SSSR count). The molecule has 1 aromatic carbocycles. The Balaban J connectivity index is 1.83. The van der Waals surface area contributed by atoms with Crippen LogP contribution in [-0.2, 0) is 5.41 Å². The molecule has 0 spiro atoms. The molecule has 0 bridgehead atoms. The molecular weight excluding hydrogens is 372 g/mol. The smallest absolute Gasteiger partial charge is 0.297 e. The third-order valence-corrected chi connectivity index (χ3v) is 5.65. The van der Waals surface area contributed by atoms with E-state index < -0.39 is 5.41 Å². The van der Waals surface area contributed by atoms with Gasteiger partial charge in [-0.3, -0.25) is 9.59 Å². The van der Waals surface area contributed by atoms with Crippen molar-refractivity contribution < 1.29 is 9.53 Å². The van der Waals surface area contributed by atoms with Gasteiger partial charge in [0, 0.05) is 5.41 Å². The molecule has 9 heteroatoms. The Labute approximate surface area is 158 Å². The second-order valence-electron chi connectivity index (χ2n) is 6.58. The highest BCUT2D eigenvalue weighted by molar-refractivity contribution is 8.01. The highest BCUT2D eigenvalue weighted by Gasteiger charge is 2.23. The quantitative estimate of drug-likeness (QED) is 0.489. The van der Waals surface area contributed by atoms with E-state index >= 15 is 0 Å². The van der Waals surface area contributed by atoms with E-state index in [-0.39, 0.29) is 17.1 Å². The number of hydrogen-bond donors (Lipinski definition) is 0. The van der Waals surface area contributed by atoms with Gasteiger partial charge in [-0.25, -0.2) is 0 Å². The Kier molecular flexibility index (Phi) is 5.10. The fourth-order valence-electron chi connectivity index (χ4n) is 2.31. The summed E-state index contributed by atoms with van der Waals surface area (Å²) in [5.74, 6) is 0.661. The molecule has 26 heavy (non-hydrogen) atoms. The van der Waals surface area contributed by atoms with Crippen LogP contribution in [0.1, 0.15) is 36.8 Å². The Hall–Kier alpha value is -2.26. The average molecular weight is 390 g/mol. The minimum atomic E-state index is -0.415. The number of ketones is 1. The number of benzene rings is 1. The predicted molar refractivity (Wildman–Crippen MR) is 102 cm³/mol. The van der Waals surface area contributed by atoms with Crippen LogP contribution >= 0.6 is 23.1 Å². The number of methoxy groups -OCH3 is 1. The van der Waals surface area contributed by atoms with Crippen LogP contribution < -0.4 is 10.3 Å². The SMILES string of the molecule is COc1ccccc1C(=O)CSc1nn2c(=O)c(C(C)(C)C)nnc2s1. The number of fused-ring (bicyclic) bond motifs is 1. The van der Waals surface area contributed by atoms with Crippen molar-refractivity contribution in [3.05, 3.63) is 45.9 Å². The fourth-order valence-corrected chi connectivity index (χ4v) is 4.06. The lowest BCUT2D eigenvalue weighted by Gasteiger charge is -2.14. The average Bonchev–Trinajstić information content (AvgIpc) is 3.03. The number of carbonyl (C=O) groups excluding carboxylic acids is 1. The lowest BCUT2D eigenvalue weighted by molar-refractivity contribution is 0.101. The van der Waals surface area contributed by atoms with Crippen molar-refractivity contribution in [3.8, 4) is 5.75 Å². The topological polar surface area (TPSA) is 86.5 Å². The van der Waals surface area contributed by atoms with E-state index in [1.807, 2.05) is 26.8 Å². The Bertz CT molecular complexity index is 1020. The summed E-state index contributed by atoms with van der Waals surface area (Å²) in [5, 5.41) is 12.4. The van der Waals surface area contributed by atoms with E-state index in [4.69, 9.17) is 4.74 Å². The first-order valence-corrected chi connectivity index (χ1v) is 9.67. The minimum absolute atomic E-state index is 0.0690. The molecular formula is C17H18N4O3S2. The second kappa shape index (κ2) is 7.16. The number of carbonyl (C=O) groups is 1. The fraction of sp³-hybridized carbons (Fsp3) is 0.353. The van der Waals surface area contributed by atoms with E-state index in [0.29, 0.717) is 26.3 Å². The molecule has 0 N–H and O–H groups in total. The number of ether oxygens (including phenoxy) is 1. The number of para-hydroxylation sites is 1. The van der Waals surface area contributed by atoms with Gasteiger partial charge in [-0.15, -0.1) is 15.3 Å². The summed E-state index contributed by atoms with van der Waals surface area (Å²) in [7, 11) is 1.53. The Morgan fingerprint density at radius 3 is 2.69 bits per heavy atom. The van der Waals surface area contributed by atoms with Gasteiger partial charge in [-0.05, 0) is 12.1 Å². The van der Waals surface area contributed by atoms with Crippen LogP contribution in [0.4, 0.5) is 0 Å². The minimum Gasteiger partial charge on any atom is -0.496 e. The van der Waals surface area contributed by atoms with Gasteiger partial charge in [-0.2, -0.15) is 4.52 Å². The molecule has 0 unspecified atom stereocenters. The summed E-state index contributed by atoms with van der Waals surface area (Å²) in [6, 6.07) is 7.08. The summed E-state index contributed by atoms with van der Waals surface area (Å²) in [6.45, 7) is 5.70. The lowest BCUT2D eigenvalue weighted by atomic mass is 9.93. The zero-order chi connectivity index (χ0) is 18.9. The maximum absolute atomic E-state index is 12.5. The number of thioether (sulfide) groups is 1. The van der Waals surface area contributed by atoms with E-state index in [1.54, 1.807) is 18.2 Å². The summed E-state index contributed by atoms with van der Waals surface area (Å²) < 4.78 is 7.07. The van der Waals surface area contributed by atoms with Gasteiger partial charge < -0.3 is 4.74 Å². The Morgan fingerprint density at radius 1 is 1.27 bits per heavy atom. The normalized spacial score (nSPS) is 11.7. The number of rotatable bonds is 5. The molecule has 0 atom stereocenters.